The Kier molecular flexibility index (Phi) is 7.09. The summed E-state index contributed by atoms with van der Waals surface area (Å²) in [6, 6.07) is 6.86. The standard InChI is InChI=1S/C22H26N2O5/c1-13(2)9-10-29-16-7-5-15(6-8-16)19-17(11-14(3)4)21(27)24(22(19)28)12-18(25)20(23)26/h5-9,14H,10-12H2,1-4H3,(H2,23,26). The summed E-state index contributed by atoms with van der Waals surface area (Å²) in [5, 5.41) is 0. The zero-order valence-corrected chi connectivity index (χ0v) is 17.2. The van der Waals surface area contributed by atoms with Crippen LogP contribution in [-0.4, -0.2) is 41.6 Å². The maximum absolute atomic E-state index is 12.9. The number of ketones is 1. The summed E-state index contributed by atoms with van der Waals surface area (Å²) in [5.41, 5.74) is 7.26. The number of hydrogen-bond donors (Lipinski definition) is 1. The fourth-order valence-electron chi connectivity index (χ4n) is 2.91. The molecule has 154 valence electrons. The summed E-state index contributed by atoms with van der Waals surface area (Å²) >= 11 is 0. The Bertz CT molecular complexity index is 890. The van der Waals surface area contributed by atoms with Crippen molar-refractivity contribution in [3.05, 3.63) is 47.1 Å². The molecule has 0 bridgehead atoms. The van der Waals surface area contributed by atoms with Crippen molar-refractivity contribution in [2.24, 2.45) is 11.7 Å². The van der Waals surface area contributed by atoms with Gasteiger partial charge >= 0.3 is 0 Å². The summed E-state index contributed by atoms with van der Waals surface area (Å²) in [7, 11) is 0. The molecular weight excluding hydrogens is 372 g/mol. The van der Waals surface area contributed by atoms with E-state index in [1.165, 1.54) is 0 Å². The lowest BCUT2D eigenvalue weighted by molar-refractivity contribution is -0.143. The van der Waals surface area contributed by atoms with Crippen molar-refractivity contribution in [1.29, 1.82) is 0 Å². The second-order valence-electron chi connectivity index (χ2n) is 7.55. The molecule has 0 spiro atoms. The third kappa shape index (κ3) is 5.40. The minimum atomic E-state index is -1.18. The van der Waals surface area contributed by atoms with Crippen LogP contribution in [-0.2, 0) is 19.2 Å². The van der Waals surface area contributed by atoms with Crippen molar-refractivity contribution in [1.82, 2.24) is 4.90 Å². The van der Waals surface area contributed by atoms with Crippen LogP contribution < -0.4 is 10.5 Å². The first-order chi connectivity index (χ1) is 13.6. The number of rotatable bonds is 9. The van der Waals surface area contributed by atoms with E-state index in [-0.39, 0.29) is 11.5 Å². The summed E-state index contributed by atoms with van der Waals surface area (Å²) in [4.78, 5) is 49.2. The quantitative estimate of drug-likeness (QED) is 0.390. The topological polar surface area (TPSA) is 107 Å². The van der Waals surface area contributed by atoms with Gasteiger partial charge in [0.2, 0.25) is 5.78 Å². The lowest BCUT2D eigenvalue weighted by atomic mass is 9.95. The number of carbonyl (C=O) groups is 4. The average molecular weight is 398 g/mol. The van der Waals surface area contributed by atoms with Gasteiger partial charge in [-0.2, -0.15) is 0 Å². The normalized spacial score (nSPS) is 13.9. The molecule has 1 aliphatic heterocycles. The molecule has 0 radical (unpaired) electrons. The van der Waals surface area contributed by atoms with Crippen LogP contribution in [0.1, 0.15) is 39.7 Å². The Labute approximate surface area is 170 Å². The number of hydrogen-bond acceptors (Lipinski definition) is 5. The van der Waals surface area contributed by atoms with Crippen molar-refractivity contribution in [2.45, 2.75) is 34.1 Å². The number of Topliss-reactive ketones (excluding diaryl/α,β-unsaturated/α-hetero) is 1. The third-order valence-electron chi connectivity index (χ3n) is 4.34. The smallest absolute Gasteiger partial charge is 0.286 e. The van der Waals surface area contributed by atoms with Crippen molar-refractivity contribution < 1.29 is 23.9 Å². The van der Waals surface area contributed by atoms with Crippen molar-refractivity contribution in [3.8, 4) is 5.75 Å². The predicted octanol–water partition coefficient (Wildman–Crippen LogP) is 2.25. The van der Waals surface area contributed by atoms with Crippen LogP contribution in [0, 0.1) is 5.92 Å². The third-order valence-corrected chi connectivity index (χ3v) is 4.34. The Morgan fingerprint density at radius 3 is 2.24 bits per heavy atom. The molecule has 7 heteroatoms. The molecule has 3 amide bonds. The summed E-state index contributed by atoms with van der Waals surface area (Å²) in [5.74, 6) is -2.57. The van der Waals surface area contributed by atoms with E-state index in [4.69, 9.17) is 10.5 Å². The first kappa shape index (κ1) is 22.1. The molecule has 2 rings (SSSR count). The second kappa shape index (κ2) is 9.32. The second-order valence-corrected chi connectivity index (χ2v) is 7.55. The van der Waals surface area contributed by atoms with Gasteiger partial charge in [0.1, 0.15) is 12.4 Å². The summed E-state index contributed by atoms with van der Waals surface area (Å²) in [6.45, 7) is 7.60. The molecule has 0 aliphatic carbocycles. The van der Waals surface area contributed by atoms with Gasteiger partial charge in [0.05, 0.1) is 12.1 Å². The van der Waals surface area contributed by atoms with Gasteiger partial charge in [0.15, 0.2) is 0 Å². The molecule has 0 saturated heterocycles. The summed E-state index contributed by atoms with van der Waals surface area (Å²) in [6.07, 6.45) is 2.32. The van der Waals surface area contributed by atoms with Crippen LogP contribution >= 0.6 is 0 Å². The van der Waals surface area contributed by atoms with Crippen LogP contribution in [0.15, 0.2) is 41.5 Å². The SMILES string of the molecule is CC(C)=CCOc1ccc(C2=C(CC(C)C)C(=O)N(CC(=O)C(N)=O)C2=O)cc1. The number of allylic oxidation sites excluding steroid dienone is 1. The predicted molar refractivity (Wildman–Crippen MR) is 109 cm³/mol. The number of amides is 3. The van der Waals surface area contributed by atoms with E-state index in [0.717, 1.165) is 10.5 Å². The fraction of sp³-hybridized carbons (Fsp3) is 0.364. The van der Waals surface area contributed by atoms with Gasteiger partial charge in [-0.3, -0.25) is 24.1 Å². The molecule has 29 heavy (non-hydrogen) atoms. The highest BCUT2D eigenvalue weighted by molar-refractivity contribution is 6.41. The van der Waals surface area contributed by atoms with E-state index in [9.17, 15) is 19.2 Å². The van der Waals surface area contributed by atoms with Gasteiger partial charge < -0.3 is 10.5 Å². The first-order valence-electron chi connectivity index (χ1n) is 9.40. The van der Waals surface area contributed by atoms with Crippen molar-refractivity contribution in [3.63, 3.8) is 0 Å². The molecule has 0 atom stereocenters. The van der Waals surface area contributed by atoms with E-state index in [0.29, 0.717) is 29.9 Å². The Hall–Kier alpha value is -3.22. The minimum absolute atomic E-state index is 0.121. The maximum atomic E-state index is 12.9. The zero-order valence-electron chi connectivity index (χ0n) is 17.2. The molecule has 1 aromatic carbocycles. The molecule has 1 aromatic rings. The lowest BCUT2D eigenvalue weighted by Gasteiger charge is -2.13. The molecule has 0 fully saturated rings. The highest BCUT2D eigenvalue weighted by Gasteiger charge is 2.40. The van der Waals surface area contributed by atoms with Gasteiger partial charge in [-0.1, -0.05) is 31.6 Å². The molecule has 0 saturated carbocycles. The number of primary amides is 1. The highest BCUT2D eigenvalue weighted by Crippen LogP contribution is 2.33. The van der Waals surface area contributed by atoms with Gasteiger partial charge in [0, 0.05) is 5.57 Å². The Balaban J connectivity index is 2.33. The number of benzene rings is 1. The highest BCUT2D eigenvalue weighted by atomic mass is 16.5. The van der Waals surface area contributed by atoms with E-state index >= 15 is 0 Å². The average Bonchev–Trinajstić information content (AvgIpc) is 2.86. The summed E-state index contributed by atoms with van der Waals surface area (Å²) < 4.78 is 5.62. The van der Waals surface area contributed by atoms with Crippen LogP contribution in [0.25, 0.3) is 5.57 Å². The molecular formula is C22H26N2O5. The van der Waals surface area contributed by atoms with Crippen LogP contribution in [0.5, 0.6) is 5.75 Å². The Morgan fingerprint density at radius 2 is 1.72 bits per heavy atom. The van der Waals surface area contributed by atoms with Crippen molar-refractivity contribution in [2.75, 3.05) is 13.2 Å². The molecule has 0 aromatic heterocycles. The number of ether oxygens (including phenoxy) is 1. The first-order valence-corrected chi connectivity index (χ1v) is 9.40. The van der Waals surface area contributed by atoms with E-state index in [1.54, 1.807) is 24.3 Å². The number of nitrogens with two attached hydrogens (primary N) is 1. The van der Waals surface area contributed by atoms with Gasteiger partial charge in [0.25, 0.3) is 17.7 Å². The largest absolute Gasteiger partial charge is 0.490 e. The molecule has 7 nitrogen and oxygen atoms in total. The fourth-order valence-corrected chi connectivity index (χ4v) is 2.91. The number of carbonyl (C=O) groups excluding carboxylic acids is 4. The number of imide groups is 1. The maximum Gasteiger partial charge on any atom is 0.286 e. The Morgan fingerprint density at radius 1 is 1.10 bits per heavy atom. The molecule has 1 aliphatic rings. The molecule has 2 N–H and O–H groups in total. The van der Waals surface area contributed by atoms with Crippen molar-refractivity contribution >= 4 is 29.1 Å². The molecule has 0 unspecified atom stereocenters. The van der Waals surface area contributed by atoms with E-state index in [1.807, 2.05) is 33.8 Å². The van der Waals surface area contributed by atoms with Gasteiger partial charge in [-0.25, -0.2) is 0 Å². The number of nitrogens with zero attached hydrogens (tertiary/aromatic N) is 1. The van der Waals surface area contributed by atoms with E-state index in [2.05, 4.69) is 0 Å². The lowest BCUT2D eigenvalue weighted by Crippen LogP contribution is -2.40. The van der Waals surface area contributed by atoms with Gasteiger partial charge in [-0.05, 0) is 50.0 Å². The monoisotopic (exact) mass is 398 g/mol. The van der Waals surface area contributed by atoms with Crippen LogP contribution in [0.2, 0.25) is 0 Å². The minimum Gasteiger partial charge on any atom is -0.490 e. The zero-order chi connectivity index (χ0) is 21.7. The van der Waals surface area contributed by atoms with E-state index < -0.39 is 30.0 Å². The van der Waals surface area contributed by atoms with Crippen LogP contribution in [0.3, 0.4) is 0 Å². The van der Waals surface area contributed by atoms with Crippen LogP contribution in [0.4, 0.5) is 0 Å². The van der Waals surface area contributed by atoms with Gasteiger partial charge in [-0.15, -0.1) is 0 Å². The molecule has 1 heterocycles.